The smallest absolute Gasteiger partial charge is 0.335 e. The highest BCUT2D eigenvalue weighted by Crippen LogP contribution is 2.41. The molecule has 7 nitrogen and oxygen atoms in total. The van der Waals surface area contributed by atoms with Gasteiger partial charge in [0.25, 0.3) is 10.0 Å². The molecule has 0 fully saturated rings. The molecule has 0 aliphatic heterocycles. The molecule has 0 bridgehead atoms. The molecule has 0 radical (unpaired) electrons. The quantitative estimate of drug-likeness (QED) is 0.388. The Hall–Kier alpha value is -3.62. The number of nitrogens with zero attached hydrogens (tertiary/aromatic N) is 1. The van der Waals surface area contributed by atoms with Crippen molar-refractivity contribution in [2.75, 3.05) is 4.72 Å². The van der Waals surface area contributed by atoms with Crippen LogP contribution < -0.4 is 4.72 Å². The molecule has 1 heterocycles. The van der Waals surface area contributed by atoms with Gasteiger partial charge in [-0.2, -0.15) is 0 Å². The molecule has 32 heavy (non-hydrogen) atoms. The third-order valence-corrected chi connectivity index (χ3v) is 6.52. The van der Waals surface area contributed by atoms with Crippen LogP contribution in [-0.2, 0) is 10.0 Å². The van der Waals surface area contributed by atoms with Gasteiger partial charge in [0, 0.05) is 11.1 Å². The third kappa shape index (κ3) is 4.10. The molecular weight excluding hydrogens is 452 g/mol. The van der Waals surface area contributed by atoms with Crippen LogP contribution in [0, 0.1) is 6.92 Å². The van der Waals surface area contributed by atoms with Crippen LogP contribution in [0.3, 0.4) is 0 Å². The monoisotopic (exact) mass is 468 g/mol. The van der Waals surface area contributed by atoms with Crippen LogP contribution in [-0.4, -0.2) is 24.7 Å². The van der Waals surface area contributed by atoms with E-state index in [4.69, 9.17) is 21.2 Å². The Morgan fingerprint density at radius 3 is 2.31 bits per heavy atom. The van der Waals surface area contributed by atoms with Crippen LogP contribution in [0.2, 0.25) is 5.02 Å². The number of anilines is 1. The first-order valence-corrected chi connectivity index (χ1v) is 11.3. The Labute approximate surface area is 189 Å². The van der Waals surface area contributed by atoms with Crippen LogP contribution in [0.25, 0.3) is 22.6 Å². The van der Waals surface area contributed by atoms with Crippen LogP contribution in [0.4, 0.5) is 5.69 Å². The molecule has 3 aromatic carbocycles. The van der Waals surface area contributed by atoms with E-state index in [2.05, 4.69) is 9.88 Å². The summed E-state index contributed by atoms with van der Waals surface area (Å²) in [5.74, 6) is -0.922. The number of aromatic carboxylic acids is 1. The lowest BCUT2D eigenvalue weighted by molar-refractivity contribution is 0.0696. The van der Waals surface area contributed by atoms with Gasteiger partial charge in [0.05, 0.1) is 15.5 Å². The average molecular weight is 469 g/mol. The van der Waals surface area contributed by atoms with Crippen LogP contribution in [0.5, 0.6) is 0 Å². The molecule has 0 saturated carbocycles. The maximum absolute atomic E-state index is 13.2. The molecule has 0 atom stereocenters. The van der Waals surface area contributed by atoms with E-state index >= 15 is 0 Å². The summed E-state index contributed by atoms with van der Waals surface area (Å²) in [6.45, 7) is 1.83. The normalized spacial score (nSPS) is 11.3. The second-order valence-corrected chi connectivity index (χ2v) is 9.06. The largest absolute Gasteiger partial charge is 0.478 e. The summed E-state index contributed by atoms with van der Waals surface area (Å²) >= 11 is 6.41. The van der Waals surface area contributed by atoms with Gasteiger partial charge in [0.1, 0.15) is 11.4 Å². The summed E-state index contributed by atoms with van der Waals surface area (Å²) in [7, 11) is -4.10. The predicted molar refractivity (Wildman–Crippen MR) is 121 cm³/mol. The number of carboxylic acid groups (broad SMARTS) is 1. The fraction of sp³-hybridized carbons (Fsp3) is 0.0435. The standard InChI is InChI=1S/C23H17ClN2O5S/c1-14-6-5-9-18(24)19(14)20-21(22(31-25-20)15-7-3-2-4-8-15)26-32(29,30)17-12-10-16(11-13-17)23(27)28/h2-13,26H,1H3,(H,27,28). The summed E-state index contributed by atoms with van der Waals surface area (Å²) in [6, 6.07) is 19.1. The molecule has 2 N–H and O–H groups in total. The SMILES string of the molecule is Cc1cccc(Cl)c1-c1noc(-c2ccccc2)c1NS(=O)(=O)c1ccc(C(=O)O)cc1. The Kier molecular flexibility index (Phi) is 5.73. The van der Waals surface area contributed by atoms with Crippen molar-refractivity contribution in [2.24, 2.45) is 0 Å². The van der Waals surface area contributed by atoms with Gasteiger partial charge in [-0.1, -0.05) is 59.2 Å². The lowest BCUT2D eigenvalue weighted by atomic mass is 10.0. The minimum Gasteiger partial charge on any atom is -0.478 e. The minimum absolute atomic E-state index is 0.0220. The van der Waals surface area contributed by atoms with E-state index in [1.165, 1.54) is 24.3 Å². The molecule has 0 spiro atoms. The van der Waals surface area contributed by atoms with E-state index in [9.17, 15) is 13.2 Å². The number of aryl methyl sites for hydroxylation is 1. The zero-order valence-electron chi connectivity index (χ0n) is 16.7. The molecule has 4 rings (SSSR count). The lowest BCUT2D eigenvalue weighted by Crippen LogP contribution is -2.14. The fourth-order valence-electron chi connectivity index (χ4n) is 3.24. The van der Waals surface area contributed by atoms with Crippen molar-refractivity contribution in [3.63, 3.8) is 0 Å². The van der Waals surface area contributed by atoms with Crippen molar-refractivity contribution in [1.82, 2.24) is 5.16 Å². The van der Waals surface area contributed by atoms with Gasteiger partial charge in [0.2, 0.25) is 0 Å². The van der Waals surface area contributed by atoms with E-state index in [1.54, 1.807) is 36.4 Å². The predicted octanol–water partition coefficient (Wildman–Crippen LogP) is 5.47. The van der Waals surface area contributed by atoms with Crippen molar-refractivity contribution in [3.8, 4) is 22.6 Å². The minimum atomic E-state index is -4.10. The lowest BCUT2D eigenvalue weighted by Gasteiger charge is -2.12. The van der Waals surface area contributed by atoms with Gasteiger partial charge >= 0.3 is 5.97 Å². The maximum atomic E-state index is 13.2. The highest BCUT2D eigenvalue weighted by atomic mass is 35.5. The van der Waals surface area contributed by atoms with E-state index in [0.717, 1.165) is 5.56 Å². The first-order valence-electron chi connectivity index (χ1n) is 9.44. The summed E-state index contributed by atoms with van der Waals surface area (Å²) in [5.41, 5.74) is 2.31. The first kappa shape index (κ1) is 21.6. The zero-order chi connectivity index (χ0) is 22.9. The molecule has 9 heteroatoms. The number of carboxylic acids is 1. The van der Waals surface area contributed by atoms with Crippen LogP contribution in [0.15, 0.2) is 82.2 Å². The number of carbonyl (C=O) groups is 1. The number of hydrogen-bond donors (Lipinski definition) is 2. The third-order valence-electron chi connectivity index (χ3n) is 4.83. The molecule has 0 aliphatic rings. The number of nitrogens with one attached hydrogen (secondary N) is 1. The van der Waals surface area contributed by atoms with Crippen molar-refractivity contribution < 1.29 is 22.8 Å². The van der Waals surface area contributed by atoms with Gasteiger partial charge in [-0.05, 0) is 42.8 Å². The molecule has 0 saturated heterocycles. The maximum Gasteiger partial charge on any atom is 0.335 e. The molecule has 0 unspecified atom stereocenters. The Morgan fingerprint density at radius 1 is 1.00 bits per heavy atom. The van der Waals surface area contributed by atoms with Crippen molar-refractivity contribution in [2.45, 2.75) is 11.8 Å². The molecule has 1 aromatic heterocycles. The summed E-state index contributed by atoms with van der Waals surface area (Å²) in [6.07, 6.45) is 0. The molecule has 0 aliphatic carbocycles. The molecule has 162 valence electrons. The van der Waals surface area contributed by atoms with Crippen LogP contribution >= 0.6 is 11.6 Å². The zero-order valence-corrected chi connectivity index (χ0v) is 18.3. The molecule has 0 amide bonds. The Balaban J connectivity index is 1.86. The second-order valence-electron chi connectivity index (χ2n) is 6.97. The van der Waals surface area contributed by atoms with Crippen molar-refractivity contribution in [3.05, 3.63) is 88.9 Å². The van der Waals surface area contributed by atoms with E-state index in [0.29, 0.717) is 16.1 Å². The number of rotatable bonds is 6. The van der Waals surface area contributed by atoms with Gasteiger partial charge < -0.3 is 9.63 Å². The second kappa shape index (κ2) is 8.49. The van der Waals surface area contributed by atoms with Crippen LogP contribution in [0.1, 0.15) is 15.9 Å². The Morgan fingerprint density at radius 2 is 1.69 bits per heavy atom. The number of halogens is 1. The van der Waals surface area contributed by atoms with Crippen molar-refractivity contribution >= 4 is 33.3 Å². The highest BCUT2D eigenvalue weighted by molar-refractivity contribution is 7.92. The summed E-state index contributed by atoms with van der Waals surface area (Å²) in [5, 5.41) is 13.6. The van der Waals surface area contributed by atoms with E-state index < -0.39 is 16.0 Å². The summed E-state index contributed by atoms with van der Waals surface area (Å²) in [4.78, 5) is 11.0. The van der Waals surface area contributed by atoms with E-state index in [1.807, 2.05) is 19.1 Å². The van der Waals surface area contributed by atoms with E-state index in [-0.39, 0.29) is 27.6 Å². The Bertz CT molecular complexity index is 1380. The first-order chi connectivity index (χ1) is 15.3. The fourth-order valence-corrected chi connectivity index (χ4v) is 4.63. The highest BCUT2D eigenvalue weighted by Gasteiger charge is 2.26. The van der Waals surface area contributed by atoms with Gasteiger partial charge in [-0.25, -0.2) is 13.2 Å². The van der Waals surface area contributed by atoms with Gasteiger partial charge in [-0.15, -0.1) is 0 Å². The number of sulfonamides is 1. The number of aromatic nitrogens is 1. The summed E-state index contributed by atoms with van der Waals surface area (Å²) < 4.78 is 34.4. The average Bonchev–Trinajstić information content (AvgIpc) is 3.16. The molecule has 4 aromatic rings. The number of hydrogen-bond acceptors (Lipinski definition) is 5. The molecular formula is C23H17ClN2O5S. The van der Waals surface area contributed by atoms with Crippen molar-refractivity contribution in [1.29, 1.82) is 0 Å². The van der Waals surface area contributed by atoms with Gasteiger partial charge in [-0.3, -0.25) is 4.72 Å². The topological polar surface area (TPSA) is 110 Å². The van der Waals surface area contributed by atoms with Gasteiger partial charge in [0.15, 0.2) is 5.76 Å². The number of benzene rings is 3.